The molecule has 0 N–H and O–H groups in total. The summed E-state index contributed by atoms with van der Waals surface area (Å²) >= 11 is 7.36. The van der Waals surface area contributed by atoms with Crippen molar-refractivity contribution in [3.05, 3.63) is 65.2 Å². The second kappa shape index (κ2) is 6.99. The largest absolute Gasteiger partial charge is 0.272 e. The van der Waals surface area contributed by atoms with Crippen LogP contribution >= 0.6 is 23.4 Å². The average Bonchev–Trinajstić information content (AvgIpc) is 3.04. The van der Waals surface area contributed by atoms with Crippen LogP contribution in [0, 0.1) is 0 Å². The third-order valence-electron chi connectivity index (χ3n) is 3.45. The molecule has 5 heteroatoms. The molecule has 22 heavy (non-hydrogen) atoms. The van der Waals surface area contributed by atoms with Crippen molar-refractivity contribution < 1.29 is 4.79 Å². The zero-order chi connectivity index (χ0) is 15.4. The highest BCUT2D eigenvalue weighted by molar-refractivity contribution is 8.00. The maximum atomic E-state index is 12.4. The fourth-order valence-corrected chi connectivity index (χ4v) is 3.22. The van der Waals surface area contributed by atoms with Crippen LogP contribution in [0.2, 0.25) is 5.02 Å². The molecule has 1 amide bonds. The Morgan fingerprint density at radius 1 is 1.18 bits per heavy atom. The second-order valence-corrected chi connectivity index (χ2v) is 6.43. The minimum atomic E-state index is 0.0134. The fourth-order valence-electron chi connectivity index (χ4n) is 2.35. The van der Waals surface area contributed by atoms with E-state index in [0.29, 0.717) is 10.8 Å². The Morgan fingerprint density at radius 3 is 2.64 bits per heavy atom. The number of carbonyl (C=O) groups is 1. The molecule has 1 heterocycles. The van der Waals surface area contributed by atoms with Crippen molar-refractivity contribution >= 4 is 35.5 Å². The SMILES string of the molecule is O=C(CSc1ccc(Cl)cc1)N1N=CC[C@H]1c1ccccc1. The van der Waals surface area contributed by atoms with E-state index < -0.39 is 0 Å². The van der Waals surface area contributed by atoms with E-state index in [4.69, 9.17) is 11.6 Å². The Labute approximate surface area is 139 Å². The standard InChI is InChI=1S/C17H15ClN2OS/c18-14-6-8-15(9-7-14)22-12-17(21)20-16(10-11-19-20)13-4-2-1-3-5-13/h1-9,11,16H,10,12H2/t16-/m0/s1. The van der Waals surface area contributed by atoms with Gasteiger partial charge in [-0.3, -0.25) is 4.79 Å². The number of thioether (sulfide) groups is 1. The molecule has 3 rings (SSSR count). The minimum Gasteiger partial charge on any atom is -0.272 e. The summed E-state index contributed by atoms with van der Waals surface area (Å²) in [7, 11) is 0. The number of benzene rings is 2. The summed E-state index contributed by atoms with van der Waals surface area (Å²) in [6.45, 7) is 0. The zero-order valence-electron chi connectivity index (χ0n) is 11.9. The Hall–Kier alpha value is -1.78. The number of rotatable bonds is 4. The van der Waals surface area contributed by atoms with Crippen molar-refractivity contribution in [2.75, 3.05) is 5.75 Å². The Kier molecular flexibility index (Phi) is 4.80. The number of hydrogen-bond acceptors (Lipinski definition) is 3. The van der Waals surface area contributed by atoms with E-state index in [1.165, 1.54) is 11.8 Å². The quantitative estimate of drug-likeness (QED) is 0.779. The molecule has 112 valence electrons. The van der Waals surface area contributed by atoms with Crippen molar-refractivity contribution in [2.24, 2.45) is 5.10 Å². The molecule has 0 saturated heterocycles. The van der Waals surface area contributed by atoms with Gasteiger partial charge in [0.25, 0.3) is 5.91 Å². The maximum absolute atomic E-state index is 12.4. The zero-order valence-corrected chi connectivity index (χ0v) is 13.4. The van der Waals surface area contributed by atoms with E-state index in [-0.39, 0.29) is 11.9 Å². The van der Waals surface area contributed by atoms with E-state index in [0.717, 1.165) is 16.9 Å². The summed E-state index contributed by atoms with van der Waals surface area (Å²) in [5, 5.41) is 6.54. The lowest BCUT2D eigenvalue weighted by Crippen LogP contribution is -2.28. The van der Waals surface area contributed by atoms with Gasteiger partial charge in [-0.2, -0.15) is 5.10 Å². The van der Waals surface area contributed by atoms with Crippen LogP contribution in [-0.4, -0.2) is 22.9 Å². The van der Waals surface area contributed by atoms with Crippen LogP contribution in [0.4, 0.5) is 0 Å². The fraction of sp³-hybridized carbons (Fsp3) is 0.176. The van der Waals surface area contributed by atoms with Gasteiger partial charge in [-0.1, -0.05) is 41.9 Å². The smallest absolute Gasteiger partial charge is 0.253 e. The van der Waals surface area contributed by atoms with Crippen LogP contribution < -0.4 is 0 Å². The van der Waals surface area contributed by atoms with Gasteiger partial charge in [0.05, 0.1) is 11.8 Å². The highest BCUT2D eigenvalue weighted by Gasteiger charge is 2.27. The molecule has 2 aromatic rings. The molecule has 0 unspecified atom stereocenters. The molecule has 1 atom stereocenters. The number of halogens is 1. The Balaban J connectivity index is 1.64. The first-order chi connectivity index (χ1) is 10.7. The predicted molar refractivity (Wildman–Crippen MR) is 91.3 cm³/mol. The lowest BCUT2D eigenvalue weighted by Gasteiger charge is -2.22. The number of nitrogens with zero attached hydrogens (tertiary/aromatic N) is 2. The monoisotopic (exact) mass is 330 g/mol. The lowest BCUT2D eigenvalue weighted by molar-refractivity contribution is -0.130. The van der Waals surface area contributed by atoms with Crippen LogP contribution in [-0.2, 0) is 4.79 Å². The van der Waals surface area contributed by atoms with E-state index in [9.17, 15) is 4.79 Å². The van der Waals surface area contributed by atoms with Crippen LogP contribution in [0.15, 0.2) is 64.6 Å². The topological polar surface area (TPSA) is 32.7 Å². The van der Waals surface area contributed by atoms with Gasteiger partial charge in [-0.25, -0.2) is 5.01 Å². The van der Waals surface area contributed by atoms with Crippen LogP contribution in [0.3, 0.4) is 0 Å². The van der Waals surface area contributed by atoms with Gasteiger partial charge in [0.2, 0.25) is 0 Å². The van der Waals surface area contributed by atoms with Crippen molar-refractivity contribution in [3.63, 3.8) is 0 Å². The normalized spacial score (nSPS) is 17.0. The summed E-state index contributed by atoms with van der Waals surface area (Å²) in [6, 6.07) is 17.5. The number of carbonyl (C=O) groups excluding carboxylic acids is 1. The van der Waals surface area contributed by atoms with Gasteiger partial charge < -0.3 is 0 Å². The van der Waals surface area contributed by atoms with Crippen molar-refractivity contribution in [1.29, 1.82) is 0 Å². The molecule has 0 aromatic heterocycles. The van der Waals surface area contributed by atoms with Gasteiger partial charge >= 0.3 is 0 Å². The van der Waals surface area contributed by atoms with E-state index in [1.54, 1.807) is 5.01 Å². The van der Waals surface area contributed by atoms with E-state index >= 15 is 0 Å². The molecule has 3 nitrogen and oxygen atoms in total. The number of hydrogen-bond donors (Lipinski definition) is 0. The van der Waals surface area contributed by atoms with Crippen LogP contribution in [0.25, 0.3) is 0 Å². The molecule has 0 fully saturated rings. The first-order valence-corrected chi connectivity index (χ1v) is 8.38. The van der Waals surface area contributed by atoms with Crippen molar-refractivity contribution in [3.8, 4) is 0 Å². The third kappa shape index (κ3) is 3.51. The van der Waals surface area contributed by atoms with Crippen LogP contribution in [0.5, 0.6) is 0 Å². The molecule has 0 spiro atoms. The molecular formula is C17H15ClN2OS. The third-order valence-corrected chi connectivity index (χ3v) is 4.69. The summed E-state index contributed by atoms with van der Waals surface area (Å²) in [4.78, 5) is 13.5. The number of amides is 1. The van der Waals surface area contributed by atoms with Gasteiger partial charge in [0, 0.05) is 22.6 Å². The summed E-state index contributed by atoms with van der Waals surface area (Å²) in [5.41, 5.74) is 1.12. The molecule has 1 aliphatic heterocycles. The van der Waals surface area contributed by atoms with Crippen LogP contribution in [0.1, 0.15) is 18.0 Å². The molecule has 0 bridgehead atoms. The molecular weight excluding hydrogens is 316 g/mol. The molecule has 2 aromatic carbocycles. The van der Waals surface area contributed by atoms with Gasteiger partial charge in [0.15, 0.2) is 0 Å². The maximum Gasteiger partial charge on any atom is 0.253 e. The van der Waals surface area contributed by atoms with Gasteiger partial charge in [-0.05, 0) is 29.8 Å². The average molecular weight is 331 g/mol. The predicted octanol–water partition coefficient (Wildman–Crippen LogP) is 4.39. The van der Waals surface area contributed by atoms with Crippen molar-refractivity contribution in [2.45, 2.75) is 17.4 Å². The van der Waals surface area contributed by atoms with E-state index in [1.807, 2.05) is 60.8 Å². The molecule has 0 aliphatic carbocycles. The second-order valence-electron chi connectivity index (χ2n) is 4.94. The molecule has 0 radical (unpaired) electrons. The summed E-state index contributed by atoms with van der Waals surface area (Å²) in [5.74, 6) is 0.380. The highest BCUT2D eigenvalue weighted by Crippen LogP contribution is 2.29. The summed E-state index contributed by atoms with van der Waals surface area (Å²) < 4.78 is 0. The van der Waals surface area contributed by atoms with Gasteiger partial charge in [-0.15, -0.1) is 11.8 Å². The lowest BCUT2D eigenvalue weighted by atomic mass is 10.0. The highest BCUT2D eigenvalue weighted by atomic mass is 35.5. The first kappa shape index (κ1) is 15.1. The van der Waals surface area contributed by atoms with Gasteiger partial charge in [0.1, 0.15) is 0 Å². The minimum absolute atomic E-state index is 0.0134. The molecule has 0 saturated carbocycles. The Bertz CT molecular complexity index is 673. The first-order valence-electron chi connectivity index (χ1n) is 7.02. The van der Waals surface area contributed by atoms with E-state index in [2.05, 4.69) is 5.10 Å². The summed E-state index contributed by atoms with van der Waals surface area (Å²) in [6.07, 6.45) is 2.57. The van der Waals surface area contributed by atoms with Crippen molar-refractivity contribution in [1.82, 2.24) is 5.01 Å². The Morgan fingerprint density at radius 2 is 1.91 bits per heavy atom. The number of hydrazone groups is 1. The molecule has 1 aliphatic rings.